The minimum Gasteiger partial charge on any atom is -0.496 e. The van der Waals surface area contributed by atoms with Gasteiger partial charge in [-0.15, -0.1) is 0 Å². The average molecular weight is 435 g/mol. The van der Waals surface area contributed by atoms with Crippen LogP contribution < -0.4 is 24.4 Å². The Labute approximate surface area is 181 Å². The van der Waals surface area contributed by atoms with Gasteiger partial charge >= 0.3 is 0 Å². The van der Waals surface area contributed by atoms with E-state index in [2.05, 4.69) is 20.1 Å². The number of methoxy groups -OCH3 is 3. The van der Waals surface area contributed by atoms with Gasteiger partial charge in [0.15, 0.2) is 11.5 Å². The molecule has 9 heteroatoms. The number of hydrogen-bond donors (Lipinski definition) is 1. The molecular formula is C21H27ClN4O4. The lowest BCUT2D eigenvalue weighted by molar-refractivity contribution is -0.122. The summed E-state index contributed by atoms with van der Waals surface area (Å²) >= 11 is 5.90. The molecule has 0 unspecified atom stereocenters. The summed E-state index contributed by atoms with van der Waals surface area (Å²) < 4.78 is 16.0. The molecule has 0 radical (unpaired) electrons. The van der Waals surface area contributed by atoms with Crippen molar-refractivity contribution in [3.8, 4) is 17.2 Å². The summed E-state index contributed by atoms with van der Waals surface area (Å²) in [6.07, 6.45) is 1.65. The fourth-order valence-electron chi connectivity index (χ4n) is 3.37. The van der Waals surface area contributed by atoms with E-state index >= 15 is 0 Å². The molecule has 1 amide bonds. The Kier molecular flexibility index (Phi) is 7.59. The van der Waals surface area contributed by atoms with Gasteiger partial charge in [-0.25, -0.2) is 4.98 Å². The Hall–Kier alpha value is -2.71. The fraction of sp³-hybridized carbons (Fsp3) is 0.429. The lowest BCUT2D eigenvalue weighted by atomic mass is 10.1. The van der Waals surface area contributed by atoms with Gasteiger partial charge in [0.1, 0.15) is 11.6 Å². The average Bonchev–Trinajstić information content (AvgIpc) is 2.78. The number of piperazine rings is 1. The summed E-state index contributed by atoms with van der Waals surface area (Å²) in [6, 6.07) is 7.33. The maximum absolute atomic E-state index is 12.5. The highest BCUT2D eigenvalue weighted by atomic mass is 35.5. The molecule has 0 atom stereocenters. The topological polar surface area (TPSA) is 76.2 Å². The molecule has 0 aliphatic carbocycles. The molecule has 1 saturated heterocycles. The van der Waals surface area contributed by atoms with E-state index in [0.717, 1.165) is 37.6 Å². The molecule has 162 valence electrons. The summed E-state index contributed by atoms with van der Waals surface area (Å²) in [4.78, 5) is 21.1. The predicted octanol–water partition coefficient (Wildman–Crippen LogP) is 2.20. The molecule has 1 fully saturated rings. The Morgan fingerprint density at radius 2 is 1.70 bits per heavy atom. The van der Waals surface area contributed by atoms with Gasteiger partial charge < -0.3 is 24.4 Å². The first kappa shape index (κ1) is 22.0. The zero-order valence-corrected chi connectivity index (χ0v) is 18.2. The number of aromatic nitrogens is 1. The summed E-state index contributed by atoms with van der Waals surface area (Å²) in [6.45, 7) is 3.89. The van der Waals surface area contributed by atoms with Crippen molar-refractivity contribution < 1.29 is 19.0 Å². The molecule has 8 nitrogen and oxygen atoms in total. The number of nitrogens with one attached hydrogen (secondary N) is 1. The van der Waals surface area contributed by atoms with E-state index in [1.165, 1.54) is 0 Å². The molecule has 3 rings (SSSR count). The van der Waals surface area contributed by atoms with Crippen molar-refractivity contribution >= 4 is 23.3 Å². The van der Waals surface area contributed by atoms with Crippen molar-refractivity contribution in [3.63, 3.8) is 0 Å². The maximum Gasteiger partial charge on any atom is 0.234 e. The van der Waals surface area contributed by atoms with Crippen molar-refractivity contribution in [2.75, 3.05) is 59.0 Å². The molecule has 0 spiro atoms. The molecule has 1 aliphatic rings. The lowest BCUT2D eigenvalue weighted by Crippen LogP contribution is -2.49. The Balaban J connectivity index is 1.50. The summed E-state index contributed by atoms with van der Waals surface area (Å²) in [5.74, 6) is 2.68. The van der Waals surface area contributed by atoms with Crippen LogP contribution in [0.2, 0.25) is 5.02 Å². The standard InChI is InChI=1S/C21H27ClN4O4/c1-28-17-11-19(30-3)18(29-2)10-15(17)12-24-21(27)14-25-6-8-26(9-7-25)20-5-4-16(22)13-23-20/h4-5,10-11,13H,6-9,12,14H2,1-3H3,(H,24,27). The number of benzene rings is 1. The molecule has 2 aromatic rings. The number of anilines is 1. The highest BCUT2D eigenvalue weighted by Crippen LogP contribution is 2.34. The molecule has 2 heterocycles. The molecule has 1 N–H and O–H groups in total. The quantitative estimate of drug-likeness (QED) is 0.682. The van der Waals surface area contributed by atoms with Gasteiger partial charge in [-0.1, -0.05) is 11.6 Å². The SMILES string of the molecule is COc1cc(OC)c(OC)cc1CNC(=O)CN1CCN(c2ccc(Cl)cn2)CC1. The van der Waals surface area contributed by atoms with E-state index in [1.807, 2.05) is 18.2 Å². The van der Waals surface area contributed by atoms with Crippen LogP contribution in [-0.4, -0.2) is 69.8 Å². The number of halogens is 1. The third kappa shape index (κ3) is 5.46. The van der Waals surface area contributed by atoms with E-state index in [4.69, 9.17) is 25.8 Å². The molecule has 1 aromatic carbocycles. The summed E-state index contributed by atoms with van der Waals surface area (Å²) in [5.41, 5.74) is 0.821. The zero-order chi connectivity index (χ0) is 21.5. The molecule has 1 aliphatic heterocycles. The fourth-order valence-corrected chi connectivity index (χ4v) is 3.49. The number of hydrogen-bond acceptors (Lipinski definition) is 7. The number of ether oxygens (including phenoxy) is 3. The second kappa shape index (κ2) is 10.4. The number of carbonyl (C=O) groups is 1. The minimum atomic E-state index is -0.0371. The van der Waals surface area contributed by atoms with Crippen molar-refractivity contribution in [2.45, 2.75) is 6.54 Å². The molecule has 1 aromatic heterocycles. The van der Waals surface area contributed by atoms with E-state index in [-0.39, 0.29) is 5.91 Å². The number of nitrogens with zero attached hydrogens (tertiary/aromatic N) is 3. The molecular weight excluding hydrogens is 408 g/mol. The van der Waals surface area contributed by atoms with Crippen LogP contribution in [0.25, 0.3) is 0 Å². The van der Waals surface area contributed by atoms with Gasteiger partial charge in [-0.05, 0) is 18.2 Å². The minimum absolute atomic E-state index is 0.0371. The van der Waals surface area contributed by atoms with E-state index in [9.17, 15) is 4.79 Å². The largest absolute Gasteiger partial charge is 0.496 e. The van der Waals surface area contributed by atoms with Crippen LogP contribution >= 0.6 is 11.6 Å². The second-order valence-corrected chi connectivity index (χ2v) is 7.33. The summed E-state index contributed by atoms with van der Waals surface area (Å²) in [5, 5.41) is 3.59. The third-order valence-electron chi connectivity index (χ3n) is 5.04. The number of pyridine rings is 1. The molecule has 0 saturated carbocycles. The highest BCUT2D eigenvalue weighted by molar-refractivity contribution is 6.30. The van der Waals surface area contributed by atoms with E-state index in [1.54, 1.807) is 33.6 Å². The van der Waals surface area contributed by atoms with Gasteiger partial charge in [0, 0.05) is 50.6 Å². The number of carbonyl (C=O) groups excluding carboxylic acids is 1. The van der Waals surface area contributed by atoms with Gasteiger partial charge in [-0.3, -0.25) is 9.69 Å². The first-order chi connectivity index (χ1) is 14.5. The Morgan fingerprint density at radius 3 is 2.30 bits per heavy atom. The van der Waals surface area contributed by atoms with Gasteiger partial charge in [0.05, 0.1) is 32.9 Å². The smallest absolute Gasteiger partial charge is 0.234 e. The first-order valence-corrected chi connectivity index (χ1v) is 10.1. The lowest BCUT2D eigenvalue weighted by Gasteiger charge is -2.35. The van der Waals surface area contributed by atoms with Crippen molar-refractivity contribution in [1.29, 1.82) is 0 Å². The molecule has 0 bridgehead atoms. The third-order valence-corrected chi connectivity index (χ3v) is 5.26. The van der Waals surface area contributed by atoms with Crippen LogP contribution in [0, 0.1) is 0 Å². The normalized spacial score (nSPS) is 14.3. The van der Waals surface area contributed by atoms with Crippen LogP contribution in [0.3, 0.4) is 0 Å². The van der Waals surface area contributed by atoms with Crippen molar-refractivity contribution in [1.82, 2.24) is 15.2 Å². The highest BCUT2D eigenvalue weighted by Gasteiger charge is 2.20. The van der Waals surface area contributed by atoms with E-state index in [0.29, 0.717) is 35.4 Å². The first-order valence-electron chi connectivity index (χ1n) is 9.68. The predicted molar refractivity (Wildman–Crippen MR) is 116 cm³/mol. The van der Waals surface area contributed by atoms with E-state index < -0.39 is 0 Å². The summed E-state index contributed by atoms with van der Waals surface area (Å²) in [7, 11) is 4.73. The van der Waals surface area contributed by atoms with Crippen LogP contribution in [0.5, 0.6) is 17.2 Å². The number of rotatable bonds is 8. The van der Waals surface area contributed by atoms with Gasteiger partial charge in [0.25, 0.3) is 0 Å². The van der Waals surface area contributed by atoms with Crippen LogP contribution in [0.15, 0.2) is 30.5 Å². The van der Waals surface area contributed by atoms with Crippen LogP contribution in [0.4, 0.5) is 5.82 Å². The van der Waals surface area contributed by atoms with Gasteiger partial charge in [0.2, 0.25) is 5.91 Å². The van der Waals surface area contributed by atoms with Crippen LogP contribution in [0.1, 0.15) is 5.56 Å². The Morgan fingerprint density at radius 1 is 1.03 bits per heavy atom. The zero-order valence-electron chi connectivity index (χ0n) is 17.5. The Bertz CT molecular complexity index is 855. The van der Waals surface area contributed by atoms with Gasteiger partial charge in [-0.2, -0.15) is 0 Å². The van der Waals surface area contributed by atoms with Crippen molar-refractivity contribution in [3.05, 3.63) is 41.0 Å². The second-order valence-electron chi connectivity index (χ2n) is 6.89. The van der Waals surface area contributed by atoms with Crippen molar-refractivity contribution in [2.24, 2.45) is 0 Å². The molecule has 30 heavy (non-hydrogen) atoms. The maximum atomic E-state index is 12.5. The number of amides is 1. The monoisotopic (exact) mass is 434 g/mol. The van der Waals surface area contributed by atoms with Crippen LogP contribution in [-0.2, 0) is 11.3 Å².